The summed E-state index contributed by atoms with van der Waals surface area (Å²) >= 11 is 0. The van der Waals surface area contributed by atoms with E-state index in [2.05, 4.69) is 20.5 Å². The van der Waals surface area contributed by atoms with Crippen LogP contribution in [0.25, 0.3) is 27.8 Å². The summed E-state index contributed by atoms with van der Waals surface area (Å²) in [5.74, 6) is 2.03. The van der Waals surface area contributed by atoms with Gasteiger partial charge < -0.3 is 23.9 Å². The van der Waals surface area contributed by atoms with Crippen molar-refractivity contribution in [3.05, 3.63) is 61.2 Å². The van der Waals surface area contributed by atoms with Gasteiger partial charge in [0, 0.05) is 54.1 Å². The van der Waals surface area contributed by atoms with Crippen LogP contribution in [0, 0.1) is 0 Å². The molecule has 0 radical (unpaired) electrons. The van der Waals surface area contributed by atoms with Crippen LogP contribution in [0.3, 0.4) is 0 Å². The third kappa shape index (κ3) is 3.90. The Morgan fingerprint density at radius 1 is 1.12 bits per heavy atom. The molecule has 1 aliphatic heterocycles. The maximum atomic E-state index is 6.17. The van der Waals surface area contributed by atoms with Crippen molar-refractivity contribution in [1.29, 1.82) is 0 Å². The molecule has 172 valence electrons. The highest BCUT2D eigenvalue weighted by Crippen LogP contribution is 2.34. The molecule has 1 fully saturated rings. The van der Waals surface area contributed by atoms with E-state index in [0.29, 0.717) is 11.6 Å². The maximum Gasteiger partial charge on any atom is 0.180 e. The van der Waals surface area contributed by atoms with Gasteiger partial charge in [-0.15, -0.1) is 0 Å². The molecule has 0 spiro atoms. The van der Waals surface area contributed by atoms with Crippen molar-refractivity contribution in [2.24, 2.45) is 0 Å². The van der Waals surface area contributed by atoms with Crippen molar-refractivity contribution in [1.82, 2.24) is 24.6 Å². The molecule has 0 aliphatic carbocycles. The van der Waals surface area contributed by atoms with Gasteiger partial charge in [0.2, 0.25) is 0 Å². The Balaban J connectivity index is 1.32. The molecule has 2 aromatic carbocycles. The molecule has 0 bridgehead atoms. The highest BCUT2D eigenvalue weighted by atomic mass is 16.5. The van der Waals surface area contributed by atoms with Gasteiger partial charge in [0.05, 0.1) is 37.7 Å². The van der Waals surface area contributed by atoms with Crippen molar-refractivity contribution >= 4 is 28.1 Å². The molecule has 9 nitrogen and oxygen atoms in total. The molecule has 3 aromatic heterocycles. The van der Waals surface area contributed by atoms with Crippen LogP contribution in [0.4, 0.5) is 11.5 Å². The van der Waals surface area contributed by atoms with Gasteiger partial charge in [-0.25, -0.2) is 9.97 Å². The minimum absolute atomic E-state index is 0.136. The molecular weight excluding hydrogens is 432 g/mol. The molecule has 0 saturated carbocycles. The van der Waals surface area contributed by atoms with Crippen LogP contribution in [0.2, 0.25) is 0 Å². The molecule has 1 aliphatic rings. The van der Waals surface area contributed by atoms with Crippen molar-refractivity contribution in [3.63, 3.8) is 0 Å². The van der Waals surface area contributed by atoms with Crippen LogP contribution in [-0.4, -0.2) is 51.0 Å². The summed E-state index contributed by atoms with van der Waals surface area (Å²) in [4.78, 5) is 9.37. The Bertz CT molecular complexity index is 1450. The minimum atomic E-state index is 0.136. The van der Waals surface area contributed by atoms with Crippen LogP contribution in [0.15, 0.2) is 61.2 Å². The first-order valence-electron chi connectivity index (χ1n) is 11.2. The van der Waals surface area contributed by atoms with Gasteiger partial charge in [0.25, 0.3) is 0 Å². The second-order valence-electron chi connectivity index (χ2n) is 8.23. The Morgan fingerprint density at radius 3 is 2.91 bits per heavy atom. The number of ether oxygens (including phenoxy) is 3. The number of benzene rings is 2. The first-order chi connectivity index (χ1) is 16.8. The van der Waals surface area contributed by atoms with Gasteiger partial charge in [0.1, 0.15) is 6.10 Å². The van der Waals surface area contributed by atoms with Crippen LogP contribution < -0.4 is 14.8 Å². The molecule has 5 aromatic rings. The Hall–Kier alpha value is -4.11. The number of fused-ring (bicyclic) bond motifs is 2. The lowest BCUT2D eigenvalue weighted by Crippen LogP contribution is -2.26. The Labute approximate surface area is 195 Å². The lowest BCUT2D eigenvalue weighted by molar-refractivity contribution is 0.0245. The monoisotopic (exact) mass is 456 g/mol. The van der Waals surface area contributed by atoms with E-state index in [0.717, 1.165) is 65.3 Å². The van der Waals surface area contributed by atoms with E-state index in [-0.39, 0.29) is 6.10 Å². The predicted molar refractivity (Wildman–Crippen MR) is 129 cm³/mol. The van der Waals surface area contributed by atoms with Crippen molar-refractivity contribution in [2.75, 3.05) is 25.6 Å². The molecule has 0 amide bonds. The highest BCUT2D eigenvalue weighted by Gasteiger charge is 2.18. The van der Waals surface area contributed by atoms with Gasteiger partial charge in [-0.05, 0) is 18.2 Å². The molecule has 4 heterocycles. The van der Waals surface area contributed by atoms with Crippen LogP contribution in [0.1, 0.15) is 12.8 Å². The van der Waals surface area contributed by atoms with Crippen molar-refractivity contribution < 1.29 is 14.2 Å². The fourth-order valence-corrected chi connectivity index (χ4v) is 4.20. The molecule has 6 rings (SSSR count). The average Bonchev–Trinajstić information content (AvgIpc) is 3.54. The number of rotatable bonds is 6. The van der Waals surface area contributed by atoms with Gasteiger partial charge in [-0.2, -0.15) is 5.10 Å². The number of imidazole rings is 1. The van der Waals surface area contributed by atoms with E-state index in [1.54, 1.807) is 19.5 Å². The predicted octanol–water partition coefficient (Wildman–Crippen LogP) is 4.58. The normalized spacial score (nSPS) is 14.5. The molecule has 34 heavy (non-hydrogen) atoms. The van der Waals surface area contributed by atoms with E-state index in [9.17, 15) is 0 Å². The van der Waals surface area contributed by atoms with Crippen LogP contribution in [0.5, 0.6) is 11.5 Å². The fraction of sp³-hybridized carbons (Fsp3) is 0.240. The smallest absolute Gasteiger partial charge is 0.180 e. The van der Waals surface area contributed by atoms with Crippen LogP contribution in [-0.2, 0) is 4.74 Å². The standard InChI is InChI=1S/C25H24N6O3/c1-32-23-13-18(4-5-22(23)34-19-6-10-33-11-7-19)28-24-25-26-8-9-31(25)15-21(29-24)16-2-3-17-14-27-30-20(17)12-16/h2-5,8-9,12-15,19H,6-7,10-11H2,1H3,(H,27,30)(H,28,29). The second kappa shape index (κ2) is 8.68. The lowest BCUT2D eigenvalue weighted by Gasteiger charge is -2.24. The third-order valence-corrected chi connectivity index (χ3v) is 6.00. The molecular formula is C25H24N6O3. The number of hydrogen-bond acceptors (Lipinski definition) is 7. The first kappa shape index (κ1) is 20.5. The van der Waals surface area contributed by atoms with E-state index >= 15 is 0 Å². The zero-order valence-corrected chi connectivity index (χ0v) is 18.7. The number of H-pyrrole nitrogens is 1. The Kier molecular flexibility index (Phi) is 5.23. The largest absolute Gasteiger partial charge is 0.493 e. The lowest BCUT2D eigenvalue weighted by atomic mass is 10.1. The fourth-order valence-electron chi connectivity index (χ4n) is 4.20. The number of hydrogen-bond donors (Lipinski definition) is 2. The molecule has 2 N–H and O–H groups in total. The summed E-state index contributed by atoms with van der Waals surface area (Å²) in [5, 5.41) is 11.6. The summed E-state index contributed by atoms with van der Waals surface area (Å²) in [5.41, 5.74) is 4.32. The summed E-state index contributed by atoms with van der Waals surface area (Å²) in [6.45, 7) is 1.45. The van der Waals surface area contributed by atoms with Gasteiger partial charge >= 0.3 is 0 Å². The summed E-state index contributed by atoms with van der Waals surface area (Å²) in [7, 11) is 1.65. The topological polar surface area (TPSA) is 98.6 Å². The van der Waals surface area contributed by atoms with Gasteiger partial charge in [-0.1, -0.05) is 12.1 Å². The molecule has 0 atom stereocenters. The highest BCUT2D eigenvalue weighted by molar-refractivity contribution is 5.84. The zero-order valence-electron chi connectivity index (χ0n) is 18.7. The molecule has 0 unspecified atom stereocenters. The van der Waals surface area contributed by atoms with E-state index in [1.165, 1.54) is 0 Å². The van der Waals surface area contributed by atoms with Gasteiger partial charge in [0.15, 0.2) is 23.0 Å². The van der Waals surface area contributed by atoms with Crippen LogP contribution >= 0.6 is 0 Å². The summed E-state index contributed by atoms with van der Waals surface area (Å²) in [6, 6.07) is 11.9. The van der Waals surface area contributed by atoms with E-state index in [1.807, 2.05) is 53.2 Å². The quantitative estimate of drug-likeness (QED) is 0.386. The third-order valence-electron chi connectivity index (χ3n) is 6.00. The average molecular weight is 457 g/mol. The van der Waals surface area contributed by atoms with Gasteiger partial charge in [-0.3, -0.25) is 5.10 Å². The van der Waals surface area contributed by atoms with E-state index < -0.39 is 0 Å². The number of methoxy groups -OCH3 is 1. The number of anilines is 2. The maximum absolute atomic E-state index is 6.17. The van der Waals surface area contributed by atoms with Crippen molar-refractivity contribution in [3.8, 4) is 22.8 Å². The SMILES string of the molecule is COc1cc(Nc2nc(-c3ccc4cn[nH]c4c3)cn3ccnc23)ccc1OC1CCOCC1. The first-order valence-corrected chi connectivity index (χ1v) is 11.2. The van der Waals surface area contributed by atoms with E-state index in [4.69, 9.17) is 19.2 Å². The summed E-state index contributed by atoms with van der Waals surface area (Å²) < 4.78 is 19.2. The Morgan fingerprint density at radius 2 is 2.03 bits per heavy atom. The molecule has 9 heteroatoms. The number of aromatic amines is 1. The second-order valence-corrected chi connectivity index (χ2v) is 8.23. The molecule has 1 saturated heterocycles. The zero-order chi connectivity index (χ0) is 22.9. The summed E-state index contributed by atoms with van der Waals surface area (Å²) in [6.07, 6.45) is 9.33. The number of aromatic nitrogens is 5. The van der Waals surface area contributed by atoms with Crippen molar-refractivity contribution in [2.45, 2.75) is 18.9 Å². The number of nitrogens with zero attached hydrogens (tertiary/aromatic N) is 4. The minimum Gasteiger partial charge on any atom is -0.493 e. The number of nitrogens with one attached hydrogen (secondary N) is 2.